The minimum atomic E-state index is -0.439. The van der Waals surface area contributed by atoms with Crippen molar-refractivity contribution >= 4 is 54.8 Å². The molecule has 0 saturated carbocycles. The first-order chi connectivity index (χ1) is 14.5. The van der Waals surface area contributed by atoms with E-state index >= 15 is 0 Å². The SMILES string of the molecule is CC1CC(=O)c2c(O)c(Cc3c(O)c(Br)c4c(c3O)C(=O)CC(C)N4)c(O)c(Br)c2N1. The minimum absolute atomic E-state index is 0.0281. The lowest BCUT2D eigenvalue weighted by Crippen LogP contribution is -2.27. The van der Waals surface area contributed by atoms with Crippen molar-refractivity contribution in [2.45, 2.75) is 45.2 Å². The number of hydrogen-bond donors (Lipinski definition) is 6. The number of Topliss-reactive ketones (excluding diaryl/α,β-unsaturated/α-hetero) is 2. The number of rotatable bonds is 2. The van der Waals surface area contributed by atoms with Crippen LogP contribution in [0.25, 0.3) is 0 Å². The first-order valence-electron chi connectivity index (χ1n) is 9.64. The molecule has 0 radical (unpaired) electrons. The summed E-state index contributed by atoms with van der Waals surface area (Å²) in [7, 11) is 0. The predicted octanol–water partition coefficient (Wildman–Crippen LogP) is 4.40. The molecule has 6 N–H and O–H groups in total. The van der Waals surface area contributed by atoms with Gasteiger partial charge in [-0.2, -0.15) is 0 Å². The zero-order chi connectivity index (χ0) is 22.8. The van der Waals surface area contributed by atoms with E-state index in [0.717, 1.165) is 0 Å². The number of hydrogen-bond acceptors (Lipinski definition) is 8. The van der Waals surface area contributed by atoms with Crippen molar-refractivity contribution in [2.75, 3.05) is 10.6 Å². The number of phenolic OH excluding ortho intramolecular Hbond substituents is 4. The molecular weight excluding hydrogens is 536 g/mol. The van der Waals surface area contributed by atoms with Gasteiger partial charge in [-0.3, -0.25) is 9.59 Å². The van der Waals surface area contributed by atoms with Crippen LogP contribution >= 0.6 is 31.9 Å². The zero-order valence-corrected chi connectivity index (χ0v) is 19.8. The molecule has 8 nitrogen and oxygen atoms in total. The second kappa shape index (κ2) is 7.59. The summed E-state index contributed by atoms with van der Waals surface area (Å²) < 4.78 is 0.385. The molecule has 10 heteroatoms. The molecule has 0 fully saturated rings. The van der Waals surface area contributed by atoms with E-state index < -0.39 is 11.5 Å². The third-order valence-electron chi connectivity index (χ3n) is 5.65. The fourth-order valence-electron chi connectivity index (χ4n) is 4.16. The molecular formula is C21H20Br2N2O6. The molecule has 2 unspecified atom stereocenters. The number of carbonyl (C=O) groups excluding carboxylic acids is 2. The number of phenols is 4. The van der Waals surface area contributed by atoms with Gasteiger partial charge in [0, 0.05) is 42.5 Å². The first-order valence-corrected chi connectivity index (χ1v) is 11.2. The third kappa shape index (κ3) is 3.32. The highest BCUT2D eigenvalue weighted by Gasteiger charge is 2.35. The molecule has 31 heavy (non-hydrogen) atoms. The Bertz CT molecular complexity index is 1070. The van der Waals surface area contributed by atoms with Crippen molar-refractivity contribution in [1.29, 1.82) is 0 Å². The largest absolute Gasteiger partial charge is 0.507 e. The first kappa shape index (κ1) is 21.8. The number of aromatic hydroxyl groups is 4. The summed E-state index contributed by atoms with van der Waals surface area (Å²) in [6, 6.07) is -0.349. The molecule has 0 bridgehead atoms. The number of nitrogens with one attached hydrogen (secondary N) is 2. The van der Waals surface area contributed by atoms with Crippen molar-refractivity contribution in [3.05, 3.63) is 31.2 Å². The highest BCUT2D eigenvalue weighted by molar-refractivity contribution is 9.11. The highest BCUT2D eigenvalue weighted by atomic mass is 79.9. The minimum Gasteiger partial charge on any atom is -0.507 e. The van der Waals surface area contributed by atoms with Gasteiger partial charge < -0.3 is 31.1 Å². The Labute approximate surface area is 194 Å². The standard InChI is InChI=1S/C21H20Br2N2O6/c1-6-3-10(26)12-16(24-6)14(22)20(30)8(18(12)28)5-9-19(29)13-11(27)4-7(2)25-17(13)15(23)21(9)31/h6-7,24-25,28-31H,3-5H2,1-2H3. The van der Waals surface area contributed by atoms with E-state index in [9.17, 15) is 30.0 Å². The Balaban J connectivity index is 1.90. The van der Waals surface area contributed by atoms with E-state index in [4.69, 9.17) is 0 Å². The molecule has 164 valence electrons. The average Bonchev–Trinajstić information content (AvgIpc) is 2.68. The van der Waals surface area contributed by atoms with Gasteiger partial charge in [-0.05, 0) is 45.7 Å². The van der Waals surface area contributed by atoms with Crippen LogP contribution in [0.3, 0.4) is 0 Å². The van der Waals surface area contributed by atoms with Gasteiger partial charge >= 0.3 is 0 Å². The van der Waals surface area contributed by atoms with Crippen LogP contribution in [0.4, 0.5) is 11.4 Å². The molecule has 0 aromatic heterocycles. The van der Waals surface area contributed by atoms with Crippen LogP contribution in [0, 0.1) is 0 Å². The van der Waals surface area contributed by atoms with Crippen molar-refractivity contribution in [3.63, 3.8) is 0 Å². The van der Waals surface area contributed by atoms with Crippen LogP contribution in [0.1, 0.15) is 58.5 Å². The second-order valence-corrected chi connectivity index (χ2v) is 9.59. The number of carbonyl (C=O) groups is 2. The quantitative estimate of drug-likeness (QED) is 0.320. The summed E-state index contributed by atoms with van der Waals surface area (Å²) in [4.78, 5) is 25.2. The van der Waals surface area contributed by atoms with Gasteiger partial charge in [-0.1, -0.05) is 0 Å². The molecule has 2 atom stereocenters. The Morgan fingerprint density at radius 3 is 1.45 bits per heavy atom. The summed E-state index contributed by atoms with van der Waals surface area (Å²) in [5.74, 6) is -2.15. The molecule has 2 aromatic carbocycles. The van der Waals surface area contributed by atoms with E-state index in [1.807, 2.05) is 13.8 Å². The lowest BCUT2D eigenvalue weighted by Gasteiger charge is -2.28. The van der Waals surface area contributed by atoms with E-state index in [-0.39, 0.29) is 97.0 Å². The van der Waals surface area contributed by atoms with Crippen LogP contribution in [0.15, 0.2) is 8.95 Å². The number of anilines is 2. The van der Waals surface area contributed by atoms with Crippen molar-refractivity contribution < 1.29 is 30.0 Å². The summed E-state index contributed by atoms with van der Waals surface area (Å²) in [5.41, 5.74) is 0.516. The average molecular weight is 556 g/mol. The topological polar surface area (TPSA) is 139 Å². The Hall–Kier alpha value is -2.46. The Morgan fingerprint density at radius 1 is 0.742 bits per heavy atom. The smallest absolute Gasteiger partial charge is 0.170 e. The van der Waals surface area contributed by atoms with Gasteiger partial charge in [0.25, 0.3) is 0 Å². The highest BCUT2D eigenvalue weighted by Crippen LogP contribution is 2.51. The maximum absolute atomic E-state index is 12.6. The number of halogens is 2. The summed E-state index contributed by atoms with van der Waals surface area (Å²) >= 11 is 6.55. The number of fused-ring (bicyclic) bond motifs is 2. The van der Waals surface area contributed by atoms with Crippen LogP contribution in [-0.4, -0.2) is 44.1 Å². The normalized spacial score (nSPS) is 20.0. The molecule has 4 rings (SSSR count). The summed E-state index contributed by atoms with van der Waals surface area (Å²) in [5, 5.41) is 49.3. The van der Waals surface area contributed by atoms with Crippen LogP contribution < -0.4 is 10.6 Å². The monoisotopic (exact) mass is 554 g/mol. The molecule has 0 aliphatic carbocycles. The molecule has 2 aromatic rings. The van der Waals surface area contributed by atoms with Crippen LogP contribution in [-0.2, 0) is 6.42 Å². The number of ketones is 2. The maximum atomic E-state index is 12.6. The fraction of sp³-hybridized carbons (Fsp3) is 0.333. The molecule has 2 aliphatic rings. The number of benzene rings is 2. The molecule has 2 heterocycles. The molecule has 2 aliphatic heterocycles. The molecule has 0 amide bonds. The van der Waals surface area contributed by atoms with Gasteiger partial charge in [0.15, 0.2) is 11.6 Å². The van der Waals surface area contributed by atoms with E-state index in [0.29, 0.717) is 0 Å². The van der Waals surface area contributed by atoms with Gasteiger partial charge in [0.2, 0.25) is 0 Å². The Kier molecular flexibility index (Phi) is 5.33. The summed E-state index contributed by atoms with van der Waals surface area (Å²) in [6.45, 7) is 3.61. The van der Waals surface area contributed by atoms with Crippen molar-refractivity contribution in [2.24, 2.45) is 0 Å². The molecule has 0 saturated heterocycles. The van der Waals surface area contributed by atoms with E-state index in [1.165, 1.54) is 0 Å². The van der Waals surface area contributed by atoms with Crippen molar-refractivity contribution in [1.82, 2.24) is 0 Å². The van der Waals surface area contributed by atoms with Crippen LogP contribution in [0.5, 0.6) is 23.0 Å². The van der Waals surface area contributed by atoms with Gasteiger partial charge in [0.05, 0.1) is 31.4 Å². The third-order valence-corrected chi connectivity index (χ3v) is 7.19. The summed E-state index contributed by atoms with van der Waals surface area (Å²) in [6.07, 6.45) is 0.00564. The lowest BCUT2D eigenvalue weighted by atomic mass is 9.89. The van der Waals surface area contributed by atoms with Crippen molar-refractivity contribution in [3.8, 4) is 23.0 Å². The fourth-order valence-corrected chi connectivity index (χ4v) is 5.27. The van der Waals surface area contributed by atoms with E-state index in [2.05, 4.69) is 42.5 Å². The van der Waals surface area contributed by atoms with E-state index in [1.54, 1.807) is 0 Å². The van der Waals surface area contributed by atoms with Gasteiger partial charge in [0.1, 0.15) is 23.0 Å². The van der Waals surface area contributed by atoms with Crippen LogP contribution in [0.2, 0.25) is 0 Å². The van der Waals surface area contributed by atoms with Gasteiger partial charge in [-0.25, -0.2) is 0 Å². The lowest BCUT2D eigenvalue weighted by molar-refractivity contribution is 0.0963. The molecule has 0 spiro atoms. The predicted molar refractivity (Wildman–Crippen MR) is 122 cm³/mol. The second-order valence-electron chi connectivity index (χ2n) is 8.00. The maximum Gasteiger partial charge on any atom is 0.170 e. The zero-order valence-electron chi connectivity index (χ0n) is 16.6. The van der Waals surface area contributed by atoms with Gasteiger partial charge in [-0.15, -0.1) is 0 Å². The Morgan fingerprint density at radius 2 is 1.10 bits per heavy atom.